The van der Waals surface area contributed by atoms with E-state index < -0.39 is 0 Å². The second kappa shape index (κ2) is 13.3. The molecule has 9 aromatic rings. The van der Waals surface area contributed by atoms with Crippen LogP contribution in [-0.2, 0) is 0 Å². The number of anilines is 3. The van der Waals surface area contributed by atoms with Gasteiger partial charge < -0.3 is 4.90 Å². The highest BCUT2D eigenvalue weighted by Crippen LogP contribution is 2.40. The van der Waals surface area contributed by atoms with Crippen LogP contribution in [0.5, 0.6) is 0 Å². The number of rotatable bonds is 7. The maximum Gasteiger partial charge on any atom is 0.0462 e. The molecule has 0 fully saturated rings. The first-order valence-electron chi connectivity index (χ1n) is 17.5. The monoisotopic (exact) mass is 649 g/mol. The fourth-order valence-electron chi connectivity index (χ4n) is 7.27. The Kier molecular flexibility index (Phi) is 7.92. The lowest BCUT2D eigenvalue weighted by Gasteiger charge is -2.26. The van der Waals surface area contributed by atoms with E-state index in [2.05, 4.69) is 217 Å². The van der Waals surface area contributed by atoms with Gasteiger partial charge in [0.2, 0.25) is 0 Å². The Labute approximate surface area is 299 Å². The molecule has 240 valence electrons. The number of hydrogen-bond donors (Lipinski definition) is 0. The largest absolute Gasteiger partial charge is 0.311 e. The quantitative estimate of drug-likeness (QED) is 0.166. The lowest BCUT2D eigenvalue weighted by molar-refractivity contribution is 1.28. The molecule has 0 aliphatic carbocycles. The van der Waals surface area contributed by atoms with E-state index >= 15 is 0 Å². The van der Waals surface area contributed by atoms with Crippen molar-refractivity contribution in [3.05, 3.63) is 212 Å². The van der Waals surface area contributed by atoms with Gasteiger partial charge in [-0.2, -0.15) is 0 Å². The van der Waals surface area contributed by atoms with E-state index in [1.165, 1.54) is 66.1 Å². The Morgan fingerprint density at radius 1 is 0.235 bits per heavy atom. The molecular weight excluding hydrogens is 615 g/mol. The summed E-state index contributed by atoms with van der Waals surface area (Å²) in [6, 6.07) is 76.6. The SMILES string of the molecule is c1ccc(-c2cc(-c3ccc(N(c4ccccc4)c4ccc(-c5ccc6ccccc6c5)cc4)cc3)ccc2-c2cccc3ccccc23)cc1. The van der Waals surface area contributed by atoms with Gasteiger partial charge >= 0.3 is 0 Å². The maximum atomic E-state index is 2.35. The van der Waals surface area contributed by atoms with E-state index in [9.17, 15) is 0 Å². The maximum absolute atomic E-state index is 2.35. The Hall–Kier alpha value is -6.70. The van der Waals surface area contributed by atoms with Gasteiger partial charge in [-0.1, -0.05) is 164 Å². The van der Waals surface area contributed by atoms with Crippen molar-refractivity contribution in [1.29, 1.82) is 0 Å². The minimum atomic E-state index is 1.11. The van der Waals surface area contributed by atoms with Crippen LogP contribution in [0.15, 0.2) is 212 Å². The van der Waals surface area contributed by atoms with Crippen LogP contribution in [0.4, 0.5) is 17.1 Å². The van der Waals surface area contributed by atoms with E-state index in [0.29, 0.717) is 0 Å². The van der Waals surface area contributed by atoms with Crippen molar-refractivity contribution in [1.82, 2.24) is 0 Å². The Morgan fingerprint density at radius 3 is 1.45 bits per heavy atom. The van der Waals surface area contributed by atoms with E-state index in [1.807, 2.05) is 0 Å². The molecule has 0 N–H and O–H groups in total. The molecule has 0 saturated heterocycles. The first kappa shape index (κ1) is 30.4. The summed E-state index contributed by atoms with van der Waals surface area (Å²) >= 11 is 0. The minimum absolute atomic E-state index is 1.11. The van der Waals surface area contributed by atoms with Crippen molar-refractivity contribution < 1.29 is 0 Å². The summed E-state index contributed by atoms with van der Waals surface area (Å²) < 4.78 is 0. The normalized spacial score (nSPS) is 11.1. The predicted octanol–water partition coefficient (Wildman–Crippen LogP) is 14.1. The lowest BCUT2D eigenvalue weighted by atomic mass is 9.89. The Morgan fingerprint density at radius 2 is 0.745 bits per heavy atom. The fraction of sp³-hybridized carbons (Fsp3) is 0. The van der Waals surface area contributed by atoms with Crippen LogP contribution >= 0.6 is 0 Å². The highest BCUT2D eigenvalue weighted by Gasteiger charge is 2.15. The van der Waals surface area contributed by atoms with Crippen molar-refractivity contribution in [2.45, 2.75) is 0 Å². The molecule has 51 heavy (non-hydrogen) atoms. The zero-order valence-electron chi connectivity index (χ0n) is 28.2. The molecule has 0 heterocycles. The standard InChI is InChI=1S/C50H35N/c1-3-13-40(14-4-1)50-35-43(28-33-49(50)48-21-11-17-39-15-9-10-20-47(39)48)38-26-31-46(32-27-38)51(44-18-5-2-6-19-44)45-29-24-37(25-30-45)42-23-22-36-12-7-8-16-41(36)34-42/h1-35H. The molecule has 9 rings (SSSR count). The van der Waals surface area contributed by atoms with Crippen LogP contribution < -0.4 is 4.90 Å². The van der Waals surface area contributed by atoms with E-state index in [-0.39, 0.29) is 0 Å². The zero-order valence-corrected chi connectivity index (χ0v) is 28.2. The molecule has 1 nitrogen and oxygen atoms in total. The molecule has 0 unspecified atom stereocenters. The summed E-state index contributed by atoms with van der Waals surface area (Å²) in [5, 5.41) is 5.03. The first-order valence-corrected chi connectivity index (χ1v) is 17.5. The van der Waals surface area contributed by atoms with Crippen molar-refractivity contribution >= 4 is 38.6 Å². The summed E-state index contributed by atoms with van der Waals surface area (Å²) in [6.45, 7) is 0. The van der Waals surface area contributed by atoms with Crippen LogP contribution in [0.3, 0.4) is 0 Å². The molecule has 0 spiro atoms. The minimum Gasteiger partial charge on any atom is -0.311 e. The van der Waals surface area contributed by atoms with Crippen molar-refractivity contribution in [3.8, 4) is 44.5 Å². The molecule has 0 bridgehead atoms. The molecule has 0 radical (unpaired) electrons. The molecule has 0 aliphatic rings. The highest BCUT2D eigenvalue weighted by atomic mass is 15.1. The van der Waals surface area contributed by atoms with Crippen molar-refractivity contribution in [3.63, 3.8) is 0 Å². The lowest BCUT2D eigenvalue weighted by Crippen LogP contribution is -2.09. The molecule has 0 amide bonds. The second-order valence-electron chi connectivity index (χ2n) is 13.0. The number of para-hydroxylation sites is 1. The van der Waals surface area contributed by atoms with E-state index in [4.69, 9.17) is 0 Å². The van der Waals surface area contributed by atoms with Gasteiger partial charge in [-0.3, -0.25) is 0 Å². The van der Waals surface area contributed by atoms with Crippen LogP contribution in [-0.4, -0.2) is 0 Å². The summed E-state index contributed by atoms with van der Waals surface area (Å²) in [7, 11) is 0. The van der Waals surface area contributed by atoms with Gasteiger partial charge in [-0.15, -0.1) is 0 Å². The average molecular weight is 650 g/mol. The van der Waals surface area contributed by atoms with Crippen LogP contribution in [0.1, 0.15) is 0 Å². The molecule has 0 aliphatic heterocycles. The number of benzene rings is 9. The van der Waals surface area contributed by atoms with Gasteiger partial charge in [0.25, 0.3) is 0 Å². The summed E-state index contributed by atoms with van der Waals surface area (Å²) in [5.41, 5.74) is 13.1. The molecule has 9 aromatic carbocycles. The smallest absolute Gasteiger partial charge is 0.0462 e. The Bertz CT molecular complexity index is 2600. The third-order valence-electron chi connectivity index (χ3n) is 9.87. The number of fused-ring (bicyclic) bond motifs is 2. The molecule has 0 aromatic heterocycles. The third-order valence-corrected chi connectivity index (χ3v) is 9.87. The molecular formula is C50H35N. The van der Waals surface area contributed by atoms with Gasteiger partial charge in [-0.25, -0.2) is 0 Å². The molecule has 0 saturated carbocycles. The highest BCUT2D eigenvalue weighted by molar-refractivity contribution is 6.01. The summed E-state index contributed by atoms with van der Waals surface area (Å²) in [6.07, 6.45) is 0. The van der Waals surface area contributed by atoms with Gasteiger partial charge in [0.05, 0.1) is 0 Å². The van der Waals surface area contributed by atoms with Crippen molar-refractivity contribution in [2.75, 3.05) is 4.90 Å². The predicted molar refractivity (Wildman–Crippen MR) is 218 cm³/mol. The Balaban J connectivity index is 1.08. The molecule has 1 heteroatoms. The number of hydrogen-bond acceptors (Lipinski definition) is 1. The third kappa shape index (κ3) is 5.96. The fourth-order valence-corrected chi connectivity index (χ4v) is 7.27. The van der Waals surface area contributed by atoms with Crippen LogP contribution in [0.2, 0.25) is 0 Å². The first-order chi connectivity index (χ1) is 25.3. The van der Waals surface area contributed by atoms with E-state index in [0.717, 1.165) is 17.1 Å². The van der Waals surface area contributed by atoms with E-state index in [1.54, 1.807) is 0 Å². The van der Waals surface area contributed by atoms with Gasteiger partial charge in [0, 0.05) is 17.1 Å². The topological polar surface area (TPSA) is 3.24 Å². The number of nitrogens with zero attached hydrogens (tertiary/aromatic N) is 1. The summed E-state index contributed by atoms with van der Waals surface area (Å²) in [5.74, 6) is 0. The van der Waals surface area contributed by atoms with Gasteiger partial charge in [0.15, 0.2) is 0 Å². The van der Waals surface area contributed by atoms with Crippen LogP contribution in [0.25, 0.3) is 66.1 Å². The second-order valence-corrected chi connectivity index (χ2v) is 13.0. The molecule has 0 atom stereocenters. The van der Waals surface area contributed by atoms with Crippen molar-refractivity contribution in [2.24, 2.45) is 0 Å². The average Bonchev–Trinajstić information content (AvgIpc) is 3.22. The van der Waals surface area contributed by atoms with Gasteiger partial charge in [-0.05, 0) is 115 Å². The van der Waals surface area contributed by atoms with Crippen LogP contribution in [0, 0.1) is 0 Å². The zero-order chi connectivity index (χ0) is 34.0. The van der Waals surface area contributed by atoms with Gasteiger partial charge in [0.1, 0.15) is 0 Å². The summed E-state index contributed by atoms with van der Waals surface area (Å²) in [4.78, 5) is 2.33.